The van der Waals surface area contributed by atoms with Gasteiger partial charge >= 0.3 is 0 Å². The molecule has 1 N–H and O–H groups in total. The molecule has 19 heavy (non-hydrogen) atoms. The lowest BCUT2D eigenvalue weighted by Gasteiger charge is -2.13. The fraction of sp³-hybridized carbons (Fsp3) is 0.357. The lowest BCUT2D eigenvalue weighted by Crippen LogP contribution is -2.10. The molecule has 2 aromatic rings. The fourth-order valence-electron chi connectivity index (χ4n) is 2.09. The molecule has 2 rings (SSSR count). The van der Waals surface area contributed by atoms with Gasteiger partial charge in [-0.1, -0.05) is 22.0 Å². The summed E-state index contributed by atoms with van der Waals surface area (Å²) in [6, 6.07) is 6.37. The van der Waals surface area contributed by atoms with Crippen LogP contribution in [0, 0.1) is 12.7 Å². The predicted molar refractivity (Wildman–Crippen MR) is 75.4 cm³/mol. The van der Waals surface area contributed by atoms with Crippen LogP contribution in [-0.2, 0) is 13.0 Å². The number of aliphatic hydroxyl groups is 1. The third-order valence-corrected chi connectivity index (χ3v) is 3.74. The first-order valence-electron chi connectivity index (χ1n) is 6.17. The van der Waals surface area contributed by atoms with Crippen molar-refractivity contribution >= 4 is 15.9 Å². The second-order valence-electron chi connectivity index (χ2n) is 4.48. The van der Waals surface area contributed by atoms with Gasteiger partial charge in [0.1, 0.15) is 5.82 Å². The molecule has 1 aromatic carbocycles. The molecule has 0 saturated carbocycles. The maximum Gasteiger partial charge on any atom is 0.124 e. The Labute approximate surface area is 120 Å². The molecule has 0 bridgehead atoms. The minimum atomic E-state index is -0.650. The number of aryl methyl sites for hydroxylation is 2. The van der Waals surface area contributed by atoms with E-state index in [4.69, 9.17) is 0 Å². The quantitative estimate of drug-likeness (QED) is 0.935. The number of aromatic nitrogens is 2. The maximum atomic E-state index is 13.0. The first-order chi connectivity index (χ1) is 9.01. The zero-order valence-corrected chi connectivity index (χ0v) is 12.5. The highest BCUT2D eigenvalue weighted by Gasteiger charge is 2.16. The van der Waals surface area contributed by atoms with Crippen LogP contribution in [0.1, 0.15) is 30.0 Å². The normalized spacial score (nSPS) is 12.7. The van der Waals surface area contributed by atoms with Crippen LogP contribution in [0.15, 0.2) is 28.7 Å². The molecule has 0 saturated heterocycles. The third kappa shape index (κ3) is 3.22. The molecule has 0 aliphatic heterocycles. The van der Waals surface area contributed by atoms with Gasteiger partial charge < -0.3 is 5.11 Å². The van der Waals surface area contributed by atoms with Crippen molar-refractivity contribution in [2.45, 2.75) is 32.9 Å². The number of hydrogen-bond acceptors (Lipinski definition) is 2. The number of rotatable bonds is 4. The summed E-state index contributed by atoms with van der Waals surface area (Å²) in [5.74, 6) is -0.292. The van der Waals surface area contributed by atoms with Crippen molar-refractivity contribution in [1.82, 2.24) is 9.78 Å². The minimum absolute atomic E-state index is 0.292. The minimum Gasteiger partial charge on any atom is -0.386 e. The van der Waals surface area contributed by atoms with Gasteiger partial charge in [-0.2, -0.15) is 5.10 Å². The molecule has 1 unspecified atom stereocenters. The highest BCUT2D eigenvalue weighted by molar-refractivity contribution is 9.10. The first-order valence-corrected chi connectivity index (χ1v) is 6.97. The Kier molecular flexibility index (Phi) is 4.37. The van der Waals surface area contributed by atoms with Crippen LogP contribution in [0.4, 0.5) is 4.39 Å². The fourth-order valence-corrected chi connectivity index (χ4v) is 2.60. The van der Waals surface area contributed by atoms with Crippen LogP contribution < -0.4 is 0 Å². The van der Waals surface area contributed by atoms with Crippen molar-refractivity contribution in [3.8, 4) is 0 Å². The van der Waals surface area contributed by atoms with Gasteiger partial charge in [0.15, 0.2) is 0 Å². The van der Waals surface area contributed by atoms with Gasteiger partial charge in [0.25, 0.3) is 0 Å². The number of hydrogen-bond donors (Lipinski definition) is 1. The van der Waals surface area contributed by atoms with E-state index in [9.17, 15) is 9.50 Å². The number of nitrogens with zero attached hydrogens (tertiary/aromatic N) is 2. The molecule has 3 nitrogen and oxygen atoms in total. The van der Waals surface area contributed by atoms with Crippen molar-refractivity contribution in [3.05, 3.63) is 51.5 Å². The molecule has 0 aliphatic carbocycles. The van der Waals surface area contributed by atoms with Crippen LogP contribution >= 0.6 is 15.9 Å². The first kappa shape index (κ1) is 14.2. The average molecular weight is 327 g/mol. The molecule has 0 spiro atoms. The Morgan fingerprint density at radius 2 is 2.16 bits per heavy atom. The largest absolute Gasteiger partial charge is 0.386 e. The Hall–Kier alpha value is -1.20. The van der Waals surface area contributed by atoms with E-state index in [0.29, 0.717) is 17.4 Å². The van der Waals surface area contributed by atoms with Crippen molar-refractivity contribution in [2.24, 2.45) is 0 Å². The van der Waals surface area contributed by atoms with E-state index in [1.807, 2.05) is 19.9 Å². The van der Waals surface area contributed by atoms with Gasteiger partial charge in [-0.25, -0.2) is 4.39 Å². The van der Waals surface area contributed by atoms with E-state index < -0.39 is 6.10 Å². The summed E-state index contributed by atoms with van der Waals surface area (Å²) in [4.78, 5) is 0. The van der Waals surface area contributed by atoms with Crippen LogP contribution in [0.2, 0.25) is 0 Å². The van der Waals surface area contributed by atoms with Gasteiger partial charge in [0.2, 0.25) is 0 Å². The summed E-state index contributed by atoms with van der Waals surface area (Å²) in [5.41, 5.74) is 2.54. The summed E-state index contributed by atoms with van der Waals surface area (Å²) >= 11 is 3.32. The lowest BCUT2D eigenvalue weighted by atomic mass is 10.1. The van der Waals surface area contributed by atoms with E-state index in [1.54, 1.807) is 10.7 Å². The molecule has 5 heteroatoms. The Morgan fingerprint density at radius 3 is 2.79 bits per heavy atom. The maximum absolute atomic E-state index is 13.0. The monoisotopic (exact) mass is 326 g/mol. The lowest BCUT2D eigenvalue weighted by molar-refractivity contribution is 0.167. The summed E-state index contributed by atoms with van der Waals surface area (Å²) in [5, 5.41) is 14.6. The van der Waals surface area contributed by atoms with Crippen LogP contribution in [0.3, 0.4) is 0 Å². The van der Waals surface area contributed by atoms with E-state index >= 15 is 0 Å². The van der Waals surface area contributed by atoms with E-state index in [-0.39, 0.29) is 5.82 Å². The van der Waals surface area contributed by atoms with E-state index in [1.165, 1.54) is 12.1 Å². The highest BCUT2D eigenvalue weighted by atomic mass is 79.9. The molecule has 1 atom stereocenters. The summed E-state index contributed by atoms with van der Waals surface area (Å²) < 4.78 is 15.5. The van der Waals surface area contributed by atoms with Crippen molar-refractivity contribution in [1.29, 1.82) is 0 Å². The molecule has 0 aliphatic rings. The van der Waals surface area contributed by atoms with E-state index in [0.717, 1.165) is 17.0 Å². The number of benzene rings is 1. The van der Waals surface area contributed by atoms with Gasteiger partial charge in [-0.15, -0.1) is 0 Å². The molecule has 1 heterocycles. The Bertz CT molecular complexity index is 583. The molecular formula is C14H16BrFN2O. The molecule has 1 aromatic heterocycles. The zero-order chi connectivity index (χ0) is 14.0. The topological polar surface area (TPSA) is 38.0 Å². The number of halogens is 2. The molecular weight excluding hydrogens is 311 g/mol. The predicted octanol–water partition coefficient (Wildman–Crippen LogP) is 3.39. The van der Waals surface area contributed by atoms with Crippen molar-refractivity contribution in [3.63, 3.8) is 0 Å². The van der Waals surface area contributed by atoms with Crippen LogP contribution in [-0.4, -0.2) is 14.9 Å². The summed E-state index contributed by atoms with van der Waals surface area (Å²) in [6.07, 6.45) is -0.227. The van der Waals surface area contributed by atoms with Gasteiger partial charge in [-0.3, -0.25) is 4.68 Å². The molecule has 0 radical (unpaired) electrons. The Morgan fingerprint density at radius 1 is 1.42 bits per heavy atom. The van der Waals surface area contributed by atoms with Crippen LogP contribution in [0.25, 0.3) is 0 Å². The highest BCUT2D eigenvalue weighted by Crippen LogP contribution is 2.25. The zero-order valence-electron chi connectivity index (χ0n) is 10.9. The number of aliphatic hydroxyl groups excluding tert-OH is 1. The van der Waals surface area contributed by atoms with Crippen molar-refractivity contribution in [2.75, 3.05) is 0 Å². The summed E-state index contributed by atoms with van der Waals surface area (Å²) in [7, 11) is 0. The SMILES string of the molecule is CCn1nc(C)cc1C(O)Cc1ccc(F)cc1Br. The van der Waals surface area contributed by atoms with E-state index in [2.05, 4.69) is 21.0 Å². The molecule has 0 amide bonds. The van der Waals surface area contributed by atoms with Crippen molar-refractivity contribution < 1.29 is 9.50 Å². The third-order valence-electron chi connectivity index (χ3n) is 3.00. The molecule has 0 fully saturated rings. The standard InChI is InChI=1S/C14H16BrFN2O/c1-3-18-13(6-9(2)17-18)14(19)7-10-4-5-11(16)8-12(10)15/h4-6,8,14,19H,3,7H2,1-2H3. The van der Waals surface area contributed by atoms with Gasteiger partial charge in [0, 0.05) is 17.4 Å². The second kappa shape index (κ2) is 5.84. The molecule has 102 valence electrons. The van der Waals surface area contributed by atoms with Gasteiger partial charge in [-0.05, 0) is 37.6 Å². The second-order valence-corrected chi connectivity index (χ2v) is 5.34. The Balaban J connectivity index is 2.22. The van der Waals surface area contributed by atoms with Crippen LogP contribution in [0.5, 0.6) is 0 Å². The van der Waals surface area contributed by atoms with Gasteiger partial charge in [0.05, 0.1) is 17.5 Å². The summed E-state index contributed by atoms with van der Waals surface area (Å²) in [6.45, 7) is 4.59. The smallest absolute Gasteiger partial charge is 0.124 e. The average Bonchev–Trinajstić information content (AvgIpc) is 2.74.